The van der Waals surface area contributed by atoms with Crippen molar-refractivity contribution in [1.82, 2.24) is 0 Å². The van der Waals surface area contributed by atoms with Gasteiger partial charge in [-0.25, -0.2) is 11.1 Å². The normalized spacial score (nSPS) is 25.7. The molecule has 2 atom stereocenters. The fourth-order valence-corrected chi connectivity index (χ4v) is 2.32. The zero-order valence-corrected chi connectivity index (χ0v) is 14.7. The molecule has 1 heteroatoms. The van der Waals surface area contributed by atoms with Crippen LogP contribution in [0.3, 0.4) is 0 Å². The van der Waals surface area contributed by atoms with E-state index >= 15 is 0 Å². The fraction of sp³-hybridized carbons (Fsp3) is 0.556. The van der Waals surface area contributed by atoms with Gasteiger partial charge in [0.2, 0.25) is 0 Å². The first-order valence-electron chi connectivity index (χ1n) is 6.81. The molecule has 0 aliphatic heterocycles. The maximum absolute atomic E-state index is 3.36. The van der Waals surface area contributed by atoms with Gasteiger partial charge in [-0.3, -0.25) is 12.2 Å². The van der Waals surface area contributed by atoms with Crippen molar-refractivity contribution >= 4 is 0 Å². The van der Waals surface area contributed by atoms with Crippen molar-refractivity contribution in [2.45, 2.75) is 55.4 Å². The molecule has 2 unspecified atom stereocenters. The van der Waals surface area contributed by atoms with Gasteiger partial charge in [-0.2, -0.15) is 22.3 Å². The molecule has 1 radical (unpaired) electrons. The topological polar surface area (TPSA) is 0 Å². The summed E-state index contributed by atoms with van der Waals surface area (Å²) in [6.45, 7) is 17.3. The van der Waals surface area contributed by atoms with Crippen LogP contribution in [0.4, 0.5) is 0 Å². The maximum atomic E-state index is 3.36. The van der Waals surface area contributed by atoms with Crippen molar-refractivity contribution in [2.75, 3.05) is 0 Å². The molecule has 0 aromatic carbocycles. The second kappa shape index (κ2) is 7.31. The number of hydrogen-bond acceptors (Lipinski definition) is 0. The number of allylic oxidation sites excluding steroid dienone is 8. The predicted octanol–water partition coefficient (Wildman–Crippen LogP) is 5.44. The monoisotopic (exact) mass is 297 g/mol. The molecular weight excluding hydrogens is 271 g/mol. The molecule has 0 spiro atoms. The van der Waals surface area contributed by atoms with Crippen molar-refractivity contribution in [3.8, 4) is 0 Å². The van der Waals surface area contributed by atoms with Crippen LogP contribution in [0.25, 0.3) is 0 Å². The van der Waals surface area contributed by atoms with Gasteiger partial charge in [0.15, 0.2) is 0 Å². The number of rotatable bonds is 0. The van der Waals surface area contributed by atoms with E-state index in [1.54, 1.807) is 0 Å². The van der Waals surface area contributed by atoms with Gasteiger partial charge >= 0.3 is 17.1 Å². The van der Waals surface area contributed by atoms with Gasteiger partial charge in [-0.15, -0.1) is 13.8 Å². The first-order chi connectivity index (χ1) is 8.25. The summed E-state index contributed by atoms with van der Waals surface area (Å²) >= 11 is 0. The Bertz CT molecular complexity index is 414. The molecule has 0 aromatic rings. The van der Waals surface area contributed by atoms with Gasteiger partial charge in [0.25, 0.3) is 0 Å². The molecule has 0 nitrogen and oxygen atoms in total. The van der Waals surface area contributed by atoms with Crippen molar-refractivity contribution in [3.63, 3.8) is 0 Å². The van der Waals surface area contributed by atoms with Crippen LogP contribution in [-0.2, 0) is 17.1 Å². The van der Waals surface area contributed by atoms with Gasteiger partial charge in [-0.05, 0) is 0 Å². The van der Waals surface area contributed by atoms with Crippen molar-refractivity contribution in [1.29, 1.82) is 0 Å². The van der Waals surface area contributed by atoms with Crippen LogP contribution in [0.15, 0.2) is 33.4 Å². The standard InChI is InChI=1S/2C9H13.Mn/c2*1-6-5-7(2)9(4)8(6)3;/h2*6H,1-4H3;/q2*-1;+2. The molecule has 0 amide bonds. The van der Waals surface area contributed by atoms with Crippen molar-refractivity contribution in [3.05, 3.63) is 45.6 Å². The Labute approximate surface area is 130 Å². The van der Waals surface area contributed by atoms with Crippen LogP contribution >= 0.6 is 0 Å². The second-order valence-corrected chi connectivity index (χ2v) is 5.60. The summed E-state index contributed by atoms with van der Waals surface area (Å²) < 4.78 is 0. The van der Waals surface area contributed by atoms with E-state index in [9.17, 15) is 0 Å². The molecule has 19 heavy (non-hydrogen) atoms. The SMILES string of the molecule is CC1=[C-]C(C)C(C)=C1C.CC1=[C-]C(C)C(C)=C1C.[Mn+2]. The van der Waals surface area contributed by atoms with E-state index in [4.69, 9.17) is 0 Å². The summed E-state index contributed by atoms with van der Waals surface area (Å²) in [4.78, 5) is 0. The third kappa shape index (κ3) is 4.23. The van der Waals surface area contributed by atoms with Crippen LogP contribution < -0.4 is 0 Å². The van der Waals surface area contributed by atoms with Crippen LogP contribution in [0.5, 0.6) is 0 Å². The first-order valence-corrected chi connectivity index (χ1v) is 6.81. The quantitative estimate of drug-likeness (QED) is 0.412. The van der Waals surface area contributed by atoms with Gasteiger partial charge in [0, 0.05) is 0 Å². The van der Waals surface area contributed by atoms with Gasteiger partial charge in [-0.1, -0.05) is 53.4 Å². The molecule has 0 heterocycles. The Morgan fingerprint density at radius 2 is 0.895 bits per heavy atom. The molecule has 0 fully saturated rings. The molecule has 0 saturated carbocycles. The van der Waals surface area contributed by atoms with E-state index in [1.165, 1.54) is 33.4 Å². The van der Waals surface area contributed by atoms with E-state index in [-0.39, 0.29) is 17.1 Å². The first kappa shape index (κ1) is 18.5. The van der Waals surface area contributed by atoms with E-state index in [2.05, 4.69) is 67.5 Å². The molecule has 2 aliphatic rings. The fourth-order valence-electron chi connectivity index (χ4n) is 2.32. The molecule has 105 valence electrons. The Morgan fingerprint density at radius 3 is 0.947 bits per heavy atom. The van der Waals surface area contributed by atoms with E-state index in [0.717, 1.165) is 0 Å². The van der Waals surface area contributed by atoms with Gasteiger partial charge in [0.1, 0.15) is 0 Å². The zero-order chi connectivity index (χ0) is 14.0. The van der Waals surface area contributed by atoms with Gasteiger partial charge < -0.3 is 0 Å². The summed E-state index contributed by atoms with van der Waals surface area (Å²) in [6, 6.07) is 0. The van der Waals surface area contributed by atoms with Crippen LogP contribution in [0.1, 0.15) is 55.4 Å². The largest absolute Gasteiger partial charge is 2.00 e. The van der Waals surface area contributed by atoms with Crippen LogP contribution in [-0.4, -0.2) is 0 Å². The zero-order valence-electron chi connectivity index (χ0n) is 13.5. The second-order valence-electron chi connectivity index (χ2n) is 5.60. The average Bonchev–Trinajstić information content (AvgIpc) is 2.66. The van der Waals surface area contributed by atoms with Crippen molar-refractivity contribution in [2.24, 2.45) is 11.8 Å². The summed E-state index contributed by atoms with van der Waals surface area (Å²) in [5, 5.41) is 0. The Hall–Kier alpha value is -0.521. The average molecular weight is 297 g/mol. The Kier molecular flexibility index (Phi) is 7.11. The molecule has 2 rings (SSSR count). The molecule has 2 aliphatic carbocycles. The molecule has 0 bridgehead atoms. The summed E-state index contributed by atoms with van der Waals surface area (Å²) in [7, 11) is 0. The minimum Gasteiger partial charge on any atom is -0.266 e. The Balaban J connectivity index is 0.000000324. The van der Waals surface area contributed by atoms with E-state index in [0.29, 0.717) is 11.8 Å². The molecule has 0 saturated heterocycles. The van der Waals surface area contributed by atoms with Crippen LogP contribution in [0.2, 0.25) is 0 Å². The predicted molar refractivity (Wildman–Crippen MR) is 79.9 cm³/mol. The minimum atomic E-state index is 0. The summed E-state index contributed by atoms with van der Waals surface area (Å²) in [6.07, 6.45) is 6.72. The van der Waals surface area contributed by atoms with E-state index < -0.39 is 0 Å². The maximum Gasteiger partial charge on any atom is 2.00 e. The molecular formula is C18H26Mn. The smallest absolute Gasteiger partial charge is 0.266 e. The minimum absolute atomic E-state index is 0. The third-order valence-corrected chi connectivity index (χ3v) is 4.47. The summed E-state index contributed by atoms with van der Waals surface area (Å²) in [5.74, 6) is 1.12. The van der Waals surface area contributed by atoms with E-state index in [1.807, 2.05) is 0 Å². The molecule has 0 aromatic heterocycles. The number of hydrogen-bond donors (Lipinski definition) is 0. The molecule has 0 N–H and O–H groups in total. The van der Waals surface area contributed by atoms with Crippen LogP contribution in [0, 0.1) is 24.0 Å². The van der Waals surface area contributed by atoms with Crippen molar-refractivity contribution < 1.29 is 17.1 Å². The Morgan fingerprint density at radius 1 is 0.632 bits per heavy atom. The third-order valence-electron chi connectivity index (χ3n) is 4.47. The van der Waals surface area contributed by atoms with Gasteiger partial charge in [0.05, 0.1) is 0 Å². The summed E-state index contributed by atoms with van der Waals surface area (Å²) in [5.41, 5.74) is 8.49.